The first-order valence-corrected chi connectivity index (χ1v) is 6.70. The Kier molecular flexibility index (Phi) is 2.93. The zero-order chi connectivity index (χ0) is 14.3. The summed E-state index contributed by atoms with van der Waals surface area (Å²) >= 11 is 0. The first kappa shape index (κ1) is 12.7. The summed E-state index contributed by atoms with van der Waals surface area (Å²) in [5, 5.41) is 0. The van der Waals surface area contributed by atoms with Crippen molar-refractivity contribution in [3.63, 3.8) is 0 Å². The van der Waals surface area contributed by atoms with Gasteiger partial charge in [0.25, 0.3) is 5.91 Å². The molecule has 0 atom stereocenters. The van der Waals surface area contributed by atoms with Crippen molar-refractivity contribution in [1.29, 1.82) is 0 Å². The lowest BCUT2D eigenvalue weighted by atomic mass is 10.1. The van der Waals surface area contributed by atoms with Gasteiger partial charge in [0.15, 0.2) is 0 Å². The van der Waals surface area contributed by atoms with Crippen LogP contribution < -0.4 is 10.6 Å². The summed E-state index contributed by atoms with van der Waals surface area (Å²) in [6, 6.07) is 7.65. The van der Waals surface area contributed by atoms with Crippen molar-refractivity contribution in [2.45, 2.75) is 20.3 Å². The zero-order valence-electron chi connectivity index (χ0n) is 11.7. The van der Waals surface area contributed by atoms with E-state index in [2.05, 4.69) is 11.1 Å². The Morgan fingerprint density at radius 1 is 1.30 bits per heavy atom. The number of aromatic nitrogens is 1. The van der Waals surface area contributed by atoms with Gasteiger partial charge in [0, 0.05) is 29.8 Å². The minimum absolute atomic E-state index is 0.0143. The van der Waals surface area contributed by atoms with Gasteiger partial charge in [-0.05, 0) is 49.6 Å². The van der Waals surface area contributed by atoms with E-state index >= 15 is 0 Å². The van der Waals surface area contributed by atoms with Crippen molar-refractivity contribution in [3.8, 4) is 0 Å². The largest absolute Gasteiger partial charge is 0.398 e. The SMILES string of the molecule is Cc1ccc(C(=O)N2CCc3cc(C)c(N)cc32)cn1. The fourth-order valence-electron chi connectivity index (χ4n) is 2.54. The van der Waals surface area contributed by atoms with Gasteiger partial charge in [0.2, 0.25) is 0 Å². The lowest BCUT2D eigenvalue weighted by Gasteiger charge is -2.18. The highest BCUT2D eigenvalue weighted by atomic mass is 16.2. The molecular weight excluding hydrogens is 250 g/mol. The number of hydrogen-bond acceptors (Lipinski definition) is 3. The Bertz CT molecular complexity index is 677. The summed E-state index contributed by atoms with van der Waals surface area (Å²) in [7, 11) is 0. The number of carbonyl (C=O) groups is 1. The number of fused-ring (bicyclic) bond motifs is 1. The van der Waals surface area contributed by atoms with E-state index in [1.807, 2.05) is 32.0 Å². The Hall–Kier alpha value is -2.36. The number of carbonyl (C=O) groups excluding carboxylic acids is 1. The molecule has 0 bridgehead atoms. The highest BCUT2D eigenvalue weighted by Crippen LogP contribution is 2.32. The molecule has 0 saturated heterocycles. The molecule has 2 aromatic rings. The molecule has 102 valence electrons. The van der Waals surface area contributed by atoms with Crippen molar-refractivity contribution in [2.75, 3.05) is 17.2 Å². The number of nitrogens with two attached hydrogens (primary N) is 1. The molecule has 4 nitrogen and oxygen atoms in total. The quantitative estimate of drug-likeness (QED) is 0.807. The number of nitrogens with zero attached hydrogens (tertiary/aromatic N) is 2. The van der Waals surface area contributed by atoms with Crippen LogP contribution in [0.1, 0.15) is 27.2 Å². The second kappa shape index (κ2) is 4.63. The van der Waals surface area contributed by atoms with E-state index in [1.165, 1.54) is 5.56 Å². The van der Waals surface area contributed by atoms with E-state index in [0.717, 1.165) is 29.1 Å². The van der Waals surface area contributed by atoms with Crippen molar-refractivity contribution in [1.82, 2.24) is 4.98 Å². The van der Waals surface area contributed by atoms with Crippen LogP contribution >= 0.6 is 0 Å². The smallest absolute Gasteiger partial charge is 0.259 e. The molecule has 0 unspecified atom stereocenters. The standard InChI is InChI=1S/C16H17N3O/c1-10-7-12-5-6-19(15(12)8-14(10)17)16(20)13-4-3-11(2)18-9-13/h3-4,7-9H,5-6,17H2,1-2H3. The fourth-order valence-corrected chi connectivity index (χ4v) is 2.54. The van der Waals surface area contributed by atoms with Crippen LogP contribution in [0.5, 0.6) is 0 Å². The molecule has 0 spiro atoms. The van der Waals surface area contributed by atoms with Gasteiger partial charge < -0.3 is 10.6 Å². The molecule has 0 aliphatic carbocycles. The number of amides is 1. The number of hydrogen-bond donors (Lipinski definition) is 1. The second-order valence-corrected chi connectivity index (χ2v) is 5.23. The Balaban J connectivity index is 1.96. The molecule has 20 heavy (non-hydrogen) atoms. The van der Waals surface area contributed by atoms with E-state index in [9.17, 15) is 4.79 Å². The third-order valence-corrected chi connectivity index (χ3v) is 3.77. The third-order valence-electron chi connectivity index (χ3n) is 3.77. The molecule has 0 radical (unpaired) electrons. The zero-order valence-corrected chi connectivity index (χ0v) is 11.7. The molecule has 0 fully saturated rings. The molecule has 3 rings (SSSR count). The van der Waals surface area contributed by atoms with E-state index in [4.69, 9.17) is 5.73 Å². The summed E-state index contributed by atoms with van der Waals surface area (Å²) in [4.78, 5) is 18.5. The fraction of sp³-hybridized carbons (Fsp3) is 0.250. The van der Waals surface area contributed by atoms with Crippen molar-refractivity contribution in [2.24, 2.45) is 0 Å². The average Bonchev–Trinajstić information content (AvgIpc) is 2.82. The van der Waals surface area contributed by atoms with Crippen LogP contribution in [-0.2, 0) is 6.42 Å². The topological polar surface area (TPSA) is 59.2 Å². The monoisotopic (exact) mass is 267 g/mol. The predicted molar refractivity (Wildman–Crippen MR) is 79.9 cm³/mol. The summed E-state index contributed by atoms with van der Waals surface area (Å²) in [6.07, 6.45) is 2.51. The van der Waals surface area contributed by atoms with Gasteiger partial charge in [-0.15, -0.1) is 0 Å². The highest BCUT2D eigenvalue weighted by molar-refractivity contribution is 6.07. The molecule has 1 aromatic heterocycles. The van der Waals surface area contributed by atoms with Crippen LogP contribution in [-0.4, -0.2) is 17.4 Å². The molecule has 1 aliphatic rings. The van der Waals surface area contributed by atoms with Crippen LogP contribution in [0.2, 0.25) is 0 Å². The lowest BCUT2D eigenvalue weighted by Crippen LogP contribution is -2.29. The summed E-state index contributed by atoms with van der Waals surface area (Å²) in [6.45, 7) is 4.60. The molecule has 2 heterocycles. The minimum atomic E-state index is -0.0143. The van der Waals surface area contributed by atoms with Crippen molar-refractivity contribution >= 4 is 17.3 Å². The number of aryl methyl sites for hydroxylation is 2. The van der Waals surface area contributed by atoms with Crippen molar-refractivity contribution in [3.05, 3.63) is 52.8 Å². The first-order chi connectivity index (χ1) is 9.56. The second-order valence-electron chi connectivity index (χ2n) is 5.23. The molecule has 1 aromatic carbocycles. The Morgan fingerprint density at radius 2 is 2.10 bits per heavy atom. The highest BCUT2D eigenvalue weighted by Gasteiger charge is 2.26. The van der Waals surface area contributed by atoms with E-state index in [0.29, 0.717) is 12.1 Å². The van der Waals surface area contributed by atoms with Crippen LogP contribution in [0.15, 0.2) is 30.5 Å². The maximum atomic E-state index is 12.6. The van der Waals surface area contributed by atoms with E-state index in [-0.39, 0.29) is 5.91 Å². The summed E-state index contributed by atoms with van der Waals surface area (Å²) in [5.74, 6) is -0.0143. The predicted octanol–water partition coefficient (Wildman–Crippen LogP) is 2.48. The third kappa shape index (κ3) is 2.03. The average molecular weight is 267 g/mol. The van der Waals surface area contributed by atoms with Gasteiger partial charge in [-0.1, -0.05) is 6.07 Å². The summed E-state index contributed by atoms with van der Waals surface area (Å²) < 4.78 is 0. The van der Waals surface area contributed by atoms with Gasteiger partial charge in [-0.2, -0.15) is 0 Å². The van der Waals surface area contributed by atoms with Gasteiger partial charge in [-0.25, -0.2) is 0 Å². The number of anilines is 2. The lowest BCUT2D eigenvalue weighted by molar-refractivity contribution is 0.0989. The number of pyridine rings is 1. The van der Waals surface area contributed by atoms with Gasteiger partial charge >= 0.3 is 0 Å². The molecule has 1 aliphatic heterocycles. The van der Waals surface area contributed by atoms with Gasteiger partial charge in [0.1, 0.15) is 0 Å². The van der Waals surface area contributed by atoms with Crippen LogP contribution in [0.4, 0.5) is 11.4 Å². The maximum absolute atomic E-state index is 12.6. The van der Waals surface area contributed by atoms with Crippen LogP contribution in [0.3, 0.4) is 0 Å². The van der Waals surface area contributed by atoms with Crippen LogP contribution in [0, 0.1) is 13.8 Å². The minimum Gasteiger partial charge on any atom is -0.398 e. The molecule has 4 heteroatoms. The summed E-state index contributed by atoms with van der Waals surface area (Å²) in [5.41, 5.74) is 11.4. The number of rotatable bonds is 1. The van der Waals surface area contributed by atoms with Gasteiger partial charge in [0.05, 0.1) is 5.56 Å². The van der Waals surface area contributed by atoms with Crippen LogP contribution in [0.25, 0.3) is 0 Å². The maximum Gasteiger partial charge on any atom is 0.259 e. The van der Waals surface area contributed by atoms with Crippen molar-refractivity contribution < 1.29 is 4.79 Å². The molecule has 2 N–H and O–H groups in total. The number of nitrogen functional groups attached to an aromatic ring is 1. The number of benzene rings is 1. The first-order valence-electron chi connectivity index (χ1n) is 6.70. The normalized spacial score (nSPS) is 13.4. The molecular formula is C16H17N3O. The Morgan fingerprint density at radius 3 is 2.80 bits per heavy atom. The van der Waals surface area contributed by atoms with E-state index in [1.54, 1.807) is 11.1 Å². The molecule has 1 amide bonds. The molecule has 0 saturated carbocycles. The van der Waals surface area contributed by atoms with E-state index < -0.39 is 0 Å². The van der Waals surface area contributed by atoms with Gasteiger partial charge in [-0.3, -0.25) is 9.78 Å². The Labute approximate surface area is 118 Å².